The molecule has 1 N–H and O–H groups in total. The van der Waals surface area contributed by atoms with Crippen LogP contribution in [0.2, 0.25) is 0 Å². The van der Waals surface area contributed by atoms with Crippen LogP contribution in [0.4, 0.5) is 5.95 Å². The van der Waals surface area contributed by atoms with Gasteiger partial charge in [0, 0.05) is 27.9 Å². The van der Waals surface area contributed by atoms with Crippen LogP contribution < -0.4 is 5.43 Å². The minimum atomic E-state index is -0.155. The van der Waals surface area contributed by atoms with E-state index in [-0.39, 0.29) is 11.4 Å². The lowest BCUT2D eigenvalue weighted by molar-refractivity contribution is 0.775. The summed E-state index contributed by atoms with van der Waals surface area (Å²) in [4.78, 5) is 26.3. The van der Waals surface area contributed by atoms with E-state index in [4.69, 9.17) is 0 Å². The van der Waals surface area contributed by atoms with Gasteiger partial charge in [-0.2, -0.15) is 4.98 Å². The quantitative estimate of drug-likeness (QED) is 0.396. The second kappa shape index (κ2) is 8.00. The van der Waals surface area contributed by atoms with E-state index in [1.807, 2.05) is 42.7 Å². The first-order valence-electron chi connectivity index (χ1n) is 8.89. The molecule has 7 nitrogen and oxygen atoms in total. The van der Waals surface area contributed by atoms with Crippen LogP contribution >= 0.6 is 31.9 Å². The Morgan fingerprint density at radius 3 is 2.69 bits per heavy atom. The van der Waals surface area contributed by atoms with Gasteiger partial charge in [0.2, 0.25) is 5.43 Å². The van der Waals surface area contributed by atoms with Crippen LogP contribution in [0, 0.1) is 6.92 Å². The number of hydrogen-bond donors (Lipinski definition) is 1. The predicted molar refractivity (Wildman–Crippen MR) is 121 cm³/mol. The molecule has 0 saturated carbocycles. The molecule has 29 heavy (non-hydrogen) atoms. The van der Waals surface area contributed by atoms with Gasteiger partial charge in [-0.1, -0.05) is 28.1 Å². The zero-order chi connectivity index (χ0) is 20.5. The first-order chi connectivity index (χ1) is 14.0. The van der Waals surface area contributed by atoms with Gasteiger partial charge in [-0.3, -0.25) is 9.89 Å². The highest BCUT2D eigenvalue weighted by Gasteiger charge is 2.16. The van der Waals surface area contributed by atoms with Gasteiger partial charge in [-0.15, -0.1) is 5.10 Å². The Labute approximate surface area is 183 Å². The van der Waals surface area contributed by atoms with Crippen LogP contribution in [-0.4, -0.2) is 30.9 Å². The number of H-pyrrole nitrogens is 1. The van der Waals surface area contributed by atoms with Gasteiger partial charge in [-0.05, 0) is 53.5 Å². The lowest BCUT2D eigenvalue weighted by atomic mass is 10.1. The van der Waals surface area contributed by atoms with E-state index in [1.165, 1.54) is 0 Å². The van der Waals surface area contributed by atoms with Crippen molar-refractivity contribution >= 4 is 55.1 Å². The lowest BCUT2D eigenvalue weighted by Gasteiger charge is -2.11. The number of benzene rings is 1. The van der Waals surface area contributed by atoms with Crippen molar-refractivity contribution < 1.29 is 0 Å². The molecule has 9 heteroatoms. The topological polar surface area (TPSA) is 88.8 Å². The number of rotatable bonds is 4. The molecule has 0 aliphatic heterocycles. The first-order valence-corrected chi connectivity index (χ1v) is 10.5. The molecule has 0 aliphatic rings. The summed E-state index contributed by atoms with van der Waals surface area (Å²) in [5, 5.41) is 7.47. The number of nitrogens with one attached hydrogen (secondary N) is 1. The number of pyridine rings is 2. The SMILES string of the molecule is CCn1cc(-c2nc(N=Cc3ccc(Br)cc3)n[nH]2)c(=O)c2cc(Br)c(C)nc21. The third kappa shape index (κ3) is 3.92. The minimum Gasteiger partial charge on any atom is -0.332 e. The summed E-state index contributed by atoms with van der Waals surface area (Å²) in [7, 11) is 0. The van der Waals surface area contributed by atoms with Crippen molar-refractivity contribution in [1.29, 1.82) is 0 Å². The second-order valence-corrected chi connectivity index (χ2v) is 8.15. The van der Waals surface area contributed by atoms with Crippen molar-refractivity contribution in [3.8, 4) is 11.4 Å². The van der Waals surface area contributed by atoms with E-state index < -0.39 is 0 Å². The predicted octanol–water partition coefficient (Wildman–Crippen LogP) is 4.79. The molecule has 0 fully saturated rings. The fourth-order valence-corrected chi connectivity index (χ4v) is 3.48. The minimum absolute atomic E-state index is 0.155. The maximum absolute atomic E-state index is 13.1. The fraction of sp³-hybridized carbons (Fsp3) is 0.150. The molecule has 4 aromatic rings. The van der Waals surface area contributed by atoms with Gasteiger partial charge in [-0.25, -0.2) is 9.98 Å². The molecule has 1 aromatic carbocycles. The van der Waals surface area contributed by atoms with Crippen molar-refractivity contribution in [2.24, 2.45) is 4.99 Å². The normalized spacial score (nSPS) is 11.6. The van der Waals surface area contributed by atoms with E-state index >= 15 is 0 Å². The van der Waals surface area contributed by atoms with Crippen LogP contribution in [0.15, 0.2) is 55.3 Å². The molecule has 0 radical (unpaired) electrons. The zero-order valence-corrected chi connectivity index (χ0v) is 18.8. The Balaban J connectivity index is 1.75. The maximum Gasteiger partial charge on any atom is 0.268 e. The highest BCUT2D eigenvalue weighted by Crippen LogP contribution is 2.22. The number of nitrogens with zero attached hydrogens (tertiary/aromatic N) is 5. The molecule has 0 unspecified atom stereocenters. The first kappa shape index (κ1) is 19.7. The zero-order valence-electron chi connectivity index (χ0n) is 15.6. The summed E-state index contributed by atoms with van der Waals surface area (Å²) in [6, 6.07) is 9.52. The molecule has 3 heterocycles. The summed E-state index contributed by atoms with van der Waals surface area (Å²) in [6.45, 7) is 4.57. The highest BCUT2D eigenvalue weighted by molar-refractivity contribution is 9.10. The van der Waals surface area contributed by atoms with Gasteiger partial charge < -0.3 is 4.57 Å². The summed E-state index contributed by atoms with van der Waals surface area (Å²) >= 11 is 6.86. The third-order valence-electron chi connectivity index (χ3n) is 4.45. The van der Waals surface area contributed by atoms with Crippen LogP contribution in [-0.2, 0) is 6.54 Å². The molecule has 0 bridgehead atoms. The second-order valence-electron chi connectivity index (χ2n) is 6.38. The van der Waals surface area contributed by atoms with Gasteiger partial charge in [0.05, 0.1) is 16.6 Å². The largest absolute Gasteiger partial charge is 0.332 e. The van der Waals surface area contributed by atoms with Crippen LogP contribution in [0.1, 0.15) is 18.2 Å². The van der Waals surface area contributed by atoms with Crippen LogP contribution in [0.5, 0.6) is 0 Å². The van der Waals surface area contributed by atoms with Crippen molar-refractivity contribution in [2.45, 2.75) is 20.4 Å². The lowest BCUT2D eigenvalue weighted by Crippen LogP contribution is -2.14. The number of aromatic nitrogens is 5. The van der Waals surface area contributed by atoms with E-state index in [0.29, 0.717) is 29.0 Å². The maximum atomic E-state index is 13.1. The summed E-state index contributed by atoms with van der Waals surface area (Å²) in [5.74, 6) is 0.632. The van der Waals surface area contributed by atoms with Gasteiger partial charge in [0.25, 0.3) is 5.95 Å². The van der Waals surface area contributed by atoms with Gasteiger partial charge >= 0.3 is 0 Å². The summed E-state index contributed by atoms with van der Waals surface area (Å²) < 4.78 is 3.72. The number of hydrogen-bond acceptors (Lipinski definition) is 5. The van der Waals surface area contributed by atoms with Crippen LogP contribution in [0.3, 0.4) is 0 Å². The Bertz CT molecular complexity index is 1290. The summed E-state index contributed by atoms with van der Waals surface area (Å²) in [6.07, 6.45) is 3.43. The molecule has 0 amide bonds. The molecule has 146 valence electrons. The van der Waals surface area contributed by atoms with Gasteiger partial charge in [0.1, 0.15) is 5.65 Å². The molecule has 0 aliphatic carbocycles. The van der Waals surface area contributed by atoms with E-state index in [1.54, 1.807) is 18.5 Å². The number of aryl methyl sites for hydroxylation is 2. The van der Waals surface area contributed by atoms with Crippen molar-refractivity contribution in [3.05, 3.63) is 67.0 Å². The molecule has 3 aromatic heterocycles. The van der Waals surface area contributed by atoms with Gasteiger partial charge in [0.15, 0.2) is 5.82 Å². The average Bonchev–Trinajstić information content (AvgIpc) is 3.18. The molecule has 0 spiro atoms. The van der Waals surface area contributed by atoms with E-state index in [2.05, 4.69) is 57.0 Å². The van der Waals surface area contributed by atoms with Crippen molar-refractivity contribution in [1.82, 2.24) is 24.7 Å². The standard InChI is InChI=1S/C20H16Br2N6O/c1-3-28-10-15(17(29)14-8-16(22)11(2)24-19(14)28)18-25-20(27-26-18)23-9-12-4-6-13(21)7-5-12/h4-10H,3H2,1-2H3,(H,25,26,27). The Hall–Kier alpha value is -2.65. The number of aromatic amines is 1. The van der Waals surface area contributed by atoms with E-state index in [9.17, 15) is 4.79 Å². The fourth-order valence-electron chi connectivity index (χ4n) is 2.90. The molecular weight excluding hydrogens is 500 g/mol. The number of halogens is 2. The molecule has 0 saturated heterocycles. The Morgan fingerprint density at radius 1 is 1.21 bits per heavy atom. The smallest absolute Gasteiger partial charge is 0.268 e. The van der Waals surface area contributed by atoms with E-state index in [0.717, 1.165) is 20.2 Å². The average molecular weight is 516 g/mol. The molecular formula is C20H16Br2N6O. The molecule has 4 rings (SSSR count). The monoisotopic (exact) mass is 514 g/mol. The Kier molecular flexibility index (Phi) is 5.42. The van der Waals surface area contributed by atoms with Crippen molar-refractivity contribution in [2.75, 3.05) is 0 Å². The number of aliphatic imine (C=N–C) groups is 1. The summed E-state index contributed by atoms with van der Waals surface area (Å²) in [5.41, 5.74) is 2.67. The molecule has 0 atom stereocenters. The highest BCUT2D eigenvalue weighted by atomic mass is 79.9. The Morgan fingerprint density at radius 2 is 1.97 bits per heavy atom. The van der Waals surface area contributed by atoms with Crippen LogP contribution in [0.25, 0.3) is 22.4 Å². The third-order valence-corrected chi connectivity index (χ3v) is 5.78. The number of fused-ring (bicyclic) bond motifs is 1. The van der Waals surface area contributed by atoms with Crippen molar-refractivity contribution in [3.63, 3.8) is 0 Å².